The van der Waals surface area contributed by atoms with E-state index < -0.39 is 22.5 Å². The quantitative estimate of drug-likeness (QED) is 0.240. The van der Waals surface area contributed by atoms with Gasteiger partial charge in [-0.05, 0) is 99.0 Å². The van der Waals surface area contributed by atoms with Crippen molar-refractivity contribution in [3.63, 3.8) is 0 Å². The Morgan fingerprint density at radius 2 is 1.77 bits per heavy atom. The lowest BCUT2D eigenvalue weighted by molar-refractivity contribution is -0.118. The van der Waals surface area contributed by atoms with Gasteiger partial charge in [-0.25, -0.2) is 13.8 Å². The normalized spacial score (nSPS) is 14.1. The van der Waals surface area contributed by atoms with Gasteiger partial charge in [0.2, 0.25) is 22.3 Å². The van der Waals surface area contributed by atoms with Crippen LogP contribution in [0.1, 0.15) is 75.6 Å². The molecule has 4 rings (SSSR count). The Morgan fingerprint density at radius 1 is 1.12 bits per heavy atom. The van der Waals surface area contributed by atoms with E-state index in [4.69, 9.17) is 27.6 Å². The minimum absolute atomic E-state index is 0.00245. The van der Waals surface area contributed by atoms with Crippen molar-refractivity contribution in [3.05, 3.63) is 76.9 Å². The zero-order valence-corrected chi connectivity index (χ0v) is 26.2. The van der Waals surface area contributed by atoms with Gasteiger partial charge in [-0.1, -0.05) is 25.1 Å². The summed E-state index contributed by atoms with van der Waals surface area (Å²) in [6, 6.07) is 8.97. The molecule has 0 saturated carbocycles. The van der Waals surface area contributed by atoms with E-state index in [9.17, 15) is 28.3 Å². The number of hydrogen-bond donors (Lipinski definition) is 1. The Kier molecular flexibility index (Phi) is 11.4. The van der Waals surface area contributed by atoms with Crippen molar-refractivity contribution in [3.8, 4) is 11.3 Å². The molecule has 0 fully saturated rings. The molecule has 230 valence electrons. The molecule has 0 aliphatic carbocycles. The molecule has 11 heteroatoms. The van der Waals surface area contributed by atoms with Gasteiger partial charge in [0.15, 0.2) is 5.76 Å². The van der Waals surface area contributed by atoms with Crippen LogP contribution in [0.4, 0.5) is 14.5 Å². The third-order valence-electron chi connectivity index (χ3n) is 6.98. The van der Waals surface area contributed by atoms with Gasteiger partial charge in [-0.2, -0.15) is 0 Å². The van der Waals surface area contributed by atoms with Crippen LogP contribution < -0.4 is 4.90 Å². The fraction of sp³-hybridized carbons (Fsp3) is 0.375. The molecule has 1 aliphatic rings. The highest BCUT2D eigenvalue weighted by molar-refractivity contribution is 6.64. The van der Waals surface area contributed by atoms with Gasteiger partial charge < -0.3 is 9.52 Å². The first-order valence-corrected chi connectivity index (χ1v) is 14.6. The van der Waals surface area contributed by atoms with Crippen LogP contribution in [0.5, 0.6) is 0 Å². The van der Waals surface area contributed by atoms with Crippen molar-refractivity contribution in [2.24, 2.45) is 5.92 Å². The Labute approximate surface area is 259 Å². The number of carbonyl (C=O) groups excluding carboxylic acids is 3. The van der Waals surface area contributed by atoms with Crippen molar-refractivity contribution in [1.82, 2.24) is 4.98 Å². The van der Waals surface area contributed by atoms with Crippen LogP contribution in [0.3, 0.4) is 0 Å². The first-order valence-electron chi connectivity index (χ1n) is 13.8. The number of rotatable bonds is 9. The van der Waals surface area contributed by atoms with E-state index in [1.165, 1.54) is 19.9 Å². The molecule has 1 atom stereocenters. The maximum Gasteiger partial charge on any atom is 0.231 e. The number of nitrogens with zero attached hydrogens (tertiary/aromatic N) is 2. The molecule has 2 aromatic carbocycles. The third kappa shape index (κ3) is 8.59. The largest absolute Gasteiger partial charge is 0.437 e. The van der Waals surface area contributed by atoms with Crippen molar-refractivity contribution >= 4 is 50.9 Å². The summed E-state index contributed by atoms with van der Waals surface area (Å²) in [5.74, 6) is -1.71. The van der Waals surface area contributed by atoms with Crippen LogP contribution in [-0.4, -0.2) is 26.5 Å². The second kappa shape index (κ2) is 14.4. The van der Waals surface area contributed by atoms with Crippen molar-refractivity contribution in [2.75, 3.05) is 4.90 Å². The van der Waals surface area contributed by atoms with E-state index in [2.05, 4.69) is 4.98 Å². The first kappa shape index (κ1) is 34.1. The molecule has 0 spiro atoms. The lowest BCUT2D eigenvalue weighted by Crippen LogP contribution is -2.30. The van der Waals surface area contributed by atoms with Gasteiger partial charge >= 0.3 is 0 Å². The number of aliphatic hydroxyl groups is 1. The highest BCUT2D eigenvalue weighted by Crippen LogP contribution is 2.39. The number of benzene rings is 2. The number of carbonyl (C=O) groups is 3. The van der Waals surface area contributed by atoms with Gasteiger partial charge in [0.1, 0.15) is 22.9 Å². The highest BCUT2D eigenvalue weighted by atomic mass is 35.5. The lowest BCUT2D eigenvalue weighted by Gasteiger charge is -2.27. The van der Waals surface area contributed by atoms with E-state index in [1.54, 1.807) is 11.1 Å². The summed E-state index contributed by atoms with van der Waals surface area (Å²) in [4.78, 5) is 39.7. The van der Waals surface area contributed by atoms with E-state index in [0.717, 1.165) is 28.9 Å². The number of oxazole rings is 1. The van der Waals surface area contributed by atoms with E-state index in [-0.39, 0.29) is 47.1 Å². The SMILES string of the molecule is CCC(CCC(=O)Cl)C(=O)Cl.Cc1cccc(C)c1N1C=C(c2nc(C(C)(C)O)oc2-c2ccc(F)cc2F)CCC1=O. The highest BCUT2D eigenvalue weighted by Gasteiger charge is 2.31. The van der Waals surface area contributed by atoms with Gasteiger partial charge in [0.25, 0.3) is 0 Å². The van der Waals surface area contributed by atoms with Crippen LogP contribution in [0.2, 0.25) is 0 Å². The van der Waals surface area contributed by atoms with Crippen molar-refractivity contribution < 1.29 is 32.7 Å². The standard InChI is InChI=1S/C25H24F2N2O3.C7H10Cl2O2/c1-14-6-5-7-15(2)22(14)29-13-16(8-11-20(29)30)21-23(32-24(28-21)25(3,4)31)18-10-9-17(26)12-19(18)27;1-2-5(7(9)11)3-4-6(8)10/h5-7,9-10,12-13,31H,8,11H2,1-4H3;5H,2-4H2,1H3. The molecule has 1 aromatic heterocycles. The Hall–Kier alpha value is -3.40. The smallest absolute Gasteiger partial charge is 0.231 e. The number of allylic oxidation sites excluding steroid dienone is 1. The molecule has 0 saturated heterocycles. The van der Waals surface area contributed by atoms with Crippen LogP contribution in [0.15, 0.2) is 47.0 Å². The molecule has 0 bridgehead atoms. The molecule has 1 N–H and O–H groups in total. The summed E-state index contributed by atoms with van der Waals surface area (Å²) < 4.78 is 33.9. The molecular formula is C32H34Cl2F2N2O5. The fourth-order valence-electron chi connectivity index (χ4n) is 4.63. The minimum Gasteiger partial charge on any atom is -0.437 e. The first-order chi connectivity index (χ1) is 20.1. The zero-order chi connectivity index (χ0) is 32.1. The van der Waals surface area contributed by atoms with Gasteiger partial charge in [-0.3, -0.25) is 19.3 Å². The summed E-state index contributed by atoms with van der Waals surface area (Å²) in [5, 5.41) is 9.64. The second-order valence-corrected chi connectivity index (χ2v) is 11.6. The Balaban J connectivity index is 0.000000393. The summed E-state index contributed by atoms with van der Waals surface area (Å²) in [5.41, 5.74) is 2.26. The van der Waals surface area contributed by atoms with Crippen molar-refractivity contribution in [1.29, 1.82) is 0 Å². The number of para-hydroxylation sites is 1. The second-order valence-electron chi connectivity index (χ2n) is 10.8. The van der Waals surface area contributed by atoms with E-state index in [1.807, 2.05) is 39.0 Å². The van der Waals surface area contributed by atoms with Gasteiger partial charge in [0.05, 0.1) is 11.3 Å². The van der Waals surface area contributed by atoms with Gasteiger partial charge in [-0.15, -0.1) is 0 Å². The van der Waals surface area contributed by atoms with Crippen LogP contribution >= 0.6 is 23.2 Å². The third-order valence-corrected chi connectivity index (χ3v) is 7.47. The maximum atomic E-state index is 14.6. The van der Waals surface area contributed by atoms with Crippen LogP contribution in [-0.2, 0) is 20.0 Å². The monoisotopic (exact) mass is 634 g/mol. The van der Waals surface area contributed by atoms with Crippen molar-refractivity contribution in [2.45, 2.75) is 72.3 Å². The molecule has 7 nitrogen and oxygen atoms in total. The predicted molar refractivity (Wildman–Crippen MR) is 162 cm³/mol. The average molecular weight is 636 g/mol. The molecule has 1 aliphatic heterocycles. The Bertz CT molecular complexity index is 1520. The molecule has 43 heavy (non-hydrogen) atoms. The molecule has 3 aromatic rings. The number of hydrogen-bond acceptors (Lipinski definition) is 6. The lowest BCUT2D eigenvalue weighted by atomic mass is 9.98. The maximum absolute atomic E-state index is 14.6. The average Bonchev–Trinajstić information content (AvgIpc) is 3.36. The topological polar surface area (TPSA) is 101 Å². The number of amides is 1. The Morgan fingerprint density at radius 3 is 2.30 bits per heavy atom. The number of aryl methyl sites for hydroxylation is 2. The summed E-state index contributed by atoms with van der Waals surface area (Å²) >= 11 is 10.3. The fourth-order valence-corrected chi connectivity index (χ4v) is 5.00. The summed E-state index contributed by atoms with van der Waals surface area (Å²) in [6.07, 6.45) is 3.63. The zero-order valence-electron chi connectivity index (χ0n) is 24.6. The number of halogens is 4. The molecular weight excluding hydrogens is 601 g/mol. The molecule has 1 amide bonds. The molecule has 1 unspecified atom stereocenters. The van der Waals surface area contributed by atoms with E-state index >= 15 is 0 Å². The van der Waals surface area contributed by atoms with E-state index in [0.29, 0.717) is 30.5 Å². The predicted octanol–water partition coefficient (Wildman–Crippen LogP) is 7.96. The number of aromatic nitrogens is 1. The van der Waals surface area contributed by atoms with Crippen LogP contribution in [0.25, 0.3) is 16.9 Å². The number of anilines is 1. The van der Waals surface area contributed by atoms with Crippen LogP contribution in [0, 0.1) is 31.4 Å². The summed E-state index contributed by atoms with van der Waals surface area (Å²) in [7, 11) is 0. The molecule has 2 heterocycles. The van der Waals surface area contributed by atoms with Gasteiger partial charge in [0, 0.05) is 31.0 Å². The minimum atomic E-state index is -1.42. The summed E-state index contributed by atoms with van der Waals surface area (Å²) in [6.45, 7) is 8.73. The molecule has 0 radical (unpaired) electrons.